The molecule has 1 unspecified atom stereocenters. The van der Waals surface area contributed by atoms with Crippen LogP contribution in [0.4, 0.5) is 11.6 Å². The van der Waals surface area contributed by atoms with Crippen LogP contribution in [0.25, 0.3) is 0 Å². The second-order valence-electron chi connectivity index (χ2n) is 5.88. The Hall–Kier alpha value is -2.83. The Bertz CT molecular complexity index is 735. The molecule has 1 aliphatic heterocycles. The first-order chi connectivity index (χ1) is 11.5. The standard InChI is InChI=1S/C17H20N4O3/c1-20(2)16-14(6-4-9-18-16)24-12-8-10-21(11-12)15-7-3-5-13(19-15)17(22)23/h3-7,9,12H,8,10-11H2,1-2H3,(H,22,23). The van der Waals surface area contributed by atoms with Crippen molar-refractivity contribution in [2.24, 2.45) is 0 Å². The quantitative estimate of drug-likeness (QED) is 0.898. The van der Waals surface area contributed by atoms with Crippen LogP contribution in [-0.2, 0) is 0 Å². The molecular weight excluding hydrogens is 308 g/mol. The molecular formula is C17H20N4O3. The zero-order valence-electron chi connectivity index (χ0n) is 13.7. The first-order valence-corrected chi connectivity index (χ1v) is 7.79. The number of rotatable bonds is 5. The molecule has 7 nitrogen and oxygen atoms in total. The van der Waals surface area contributed by atoms with Crippen LogP contribution in [0.15, 0.2) is 36.5 Å². The highest BCUT2D eigenvalue weighted by atomic mass is 16.5. The van der Waals surface area contributed by atoms with Crippen molar-refractivity contribution >= 4 is 17.6 Å². The van der Waals surface area contributed by atoms with Gasteiger partial charge in [-0.05, 0) is 24.3 Å². The highest BCUT2D eigenvalue weighted by Crippen LogP contribution is 2.27. The molecule has 2 aromatic rings. The fourth-order valence-corrected chi connectivity index (χ4v) is 2.74. The Morgan fingerprint density at radius 2 is 2.17 bits per heavy atom. The summed E-state index contributed by atoms with van der Waals surface area (Å²) in [4.78, 5) is 23.5. The minimum atomic E-state index is -1.02. The summed E-state index contributed by atoms with van der Waals surface area (Å²) in [7, 11) is 3.86. The number of aromatic carboxylic acids is 1. The summed E-state index contributed by atoms with van der Waals surface area (Å²) in [6.45, 7) is 1.44. The molecule has 126 valence electrons. The van der Waals surface area contributed by atoms with Crippen molar-refractivity contribution in [2.45, 2.75) is 12.5 Å². The van der Waals surface area contributed by atoms with Crippen LogP contribution < -0.4 is 14.5 Å². The summed E-state index contributed by atoms with van der Waals surface area (Å²) < 4.78 is 6.11. The highest BCUT2D eigenvalue weighted by Gasteiger charge is 2.26. The molecule has 0 saturated carbocycles. The predicted octanol–water partition coefficient (Wildman–Crippen LogP) is 1.90. The Kier molecular flexibility index (Phi) is 4.50. The summed E-state index contributed by atoms with van der Waals surface area (Å²) in [6.07, 6.45) is 2.61. The monoisotopic (exact) mass is 328 g/mol. The number of pyridine rings is 2. The number of ether oxygens (including phenoxy) is 1. The topological polar surface area (TPSA) is 78.8 Å². The van der Waals surface area contributed by atoms with Crippen molar-refractivity contribution in [3.63, 3.8) is 0 Å². The van der Waals surface area contributed by atoms with Gasteiger partial charge < -0.3 is 19.6 Å². The molecule has 1 saturated heterocycles. The van der Waals surface area contributed by atoms with E-state index in [4.69, 9.17) is 9.84 Å². The van der Waals surface area contributed by atoms with Crippen molar-refractivity contribution in [1.29, 1.82) is 0 Å². The Balaban J connectivity index is 1.70. The lowest BCUT2D eigenvalue weighted by Crippen LogP contribution is -2.26. The molecule has 0 bridgehead atoms. The zero-order valence-corrected chi connectivity index (χ0v) is 13.7. The number of carbonyl (C=O) groups is 1. The molecule has 0 spiro atoms. The summed E-state index contributed by atoms with van der Waals surface area (Å²) in [5.74, 6) is 1.19. The van der Waals surface area contributed by atoms with E-state index in [0.29, 0.717) is 12.4 Å². The van der Waals surface area contributed by atoms with Gasteiger partial charge in [-0.25, -0.2) is 14.8 Å². The molecule has 2 aromatic heterocycles. The third-order valence-electron chi connectivity index (χ3n) is 3.89. The lowest BCUT2D eigenvalue weighted by atomic mass is 10.3. The van der Waals surface area contributed by atoms with Gasteiger partial charge in [-0.1, -0.05) is 6.07 Å². The van der Waals surface area contributed by atoms with E-state index in [1.54, 1.807) is 12.3 Å². The van der Waals surface area contributed by atoms with Crippen LogP contribution in [0.3, 0.4) is 0 Å². The van der Waals surface area contributed by atoms with Gasteiger partial charge in [0.2, 0.25) is 0 Å². The molecule has 1 N–H and O–H groups in total. The molecule has 0 aliphatic carbocycles. The van der Waals surface area contributed by atoms with Crippen LogP contribution in [-0.4, -0.2) is 54.3 Å². The van der Waals surface area contributed by atoms with Gasteiger partial charge in [0.15, 0.2) is 17.3 Å². The van der Waals surface area contributed by atoms with E-state index in [9.17, 15) is 4.79 Å². The summed E-state index contributed by atoms with van der Waals surface area (Å²) >= 11 is 0. The average Bonchev–Trinajstić information content (AvgIpc) is 3.04. The number of hydrogen-bond acceptors (Lipinski definition) is 6. The van der Waals surface area contributed by atoms with Gasteiger partial charge in [-0.15, -0.1) is 0 Å². The maximum Gasteiger partial charge on any atom is 0.354 e. The third kappa shape index (κ3) is 3.40. The first-order valence-electron chi connectivity index (χ1n) is 7.79. The van der Waals surface area contributed by atoms with Crippen LogP contribution in [0.1, 0.15) is 16.9 Å². The normalized spacial score (nSPS) is 16.9. The number of carboxylic acids is 1. The smallest absolute Gasteiger partial charge is 0.354 e. The Morgan fingerprint density at radius 3 is 2.92 bits per heavy atom. The predicted molar refractivity (Wildman–Crippen MR) is 91.0 cm³/mol. The molecule has 3 rings (SSSR count). The Morgan fingerprint density at radius 1 is 1.33 bits per heavy atom. The fraction of sp³-hybridized carbons (Fsp3) is 0.353. The molecule has 1 fully saturated rings. The summed E-state index contributed by atoms with van der Waals surface area (Å²) in [5.41, 5.74) is 0.0546. The highest BCUT2D eigenvalue weighted by molar-refractivity contribution is 5.85. The van der Waals surface area contributed by atoms with Crippen molar-refractivity contribution in [1.82, 2.24) is 9.97 Å². The van der Waals surface area contributed by atoms with Crippen molar-refractivity contribution in [3.05, 3.63) is 42.2 Å². The number of nitrogens with zero attached hydrogens (tertiary/aromatic N) is 4. The van der Waals surface area contributed by atoms with Crippen molar-refractivity contribution < 1.29 is 14.6 Å². The maximum absolute atomic E-state index is 11.1. The van der Waals surface area contributed by atoms with Crippen LogP contribution in [0.2, 0.25) is 0 Å². The minimum Gasteiger partial charge on any atom is -0.485 e. The van der Waals surface area contributed by atoms with E-state index in [2.05, 4.69) is 9.97 Å². The van der Waals surface area contributed by atoms with Crippen LogP contribution in [0, 0.1) is 0 Å². The summed E-state index contributed by atoms with van der Waals surface area (Å²) in [5, 5.41) is 9.06. The number of hydrogen-bond donors (Lipinski definition) is 1. The van der Waals surface area contributed by atoms with E-state index in [1.807, 2.05) is 42.1 Å². The molecule has 24 heavy (non-hydrogen) atoms. The van der Waals surface area contributed by atoms with E-state index in [1.165, 1.54) is 6.07 Å². The van der Waals surface area contributed by atoms with Gasteiger partial charge in [0.1, 0.15) is 11.9 Å². The number of carboxylic acid groups (broad SMARTS) is 1. The van der Waals surface area contributed by atoms with E-state index >= 15 is 0 Å². The number of anilines is 2. The molecule has 0 aromatic carbocycles. The van der Waals surface area contributed by atoms with E-state index in [-0.39, 0.29) is 11.8 Å². The maximum atomic E-state index is 11.1. The van der Waals surface area contributed by atoms with E-state index in [0.717, 1.165) is 24.5 Å². The van der Waals surface area contributed by atoms with Gasteiger partial charge in [-0.3, -0.25) is 0 Å². The third-order valence-corrected chi connectivity index (χ3v) is 3.89. The SMILES string of the molecule is CN(C)c1ncccc1OC1CCN(c2cccc(C(=O)O)n2)C1. The van der Waals surface area contributed by atoms with Crippen molar-refractivity contribution in [3.8, 4) is 5.75 Å². The second-order valence-corrected chi connectivity index (χ2v) is 5.88. The first kappa shape index (κ1) is 16.0. The van der Waals surface area contributed by atoms with Gasteiger partial charge in [0, 0.05) is 33.3 Å². The minimum absolute atomic E-state index is 0.0168. The molecule has 0 radical (unpaired) electrons. The molecule has 7 heteroatoms. The van der Waals surface area contributed by atoms with Gasteiger partial charge >= 0.3 is 5.97 Å². The van der Waals surface area contributed by atoms with Crippen LogP contribution >= 0.6 is 0 Å². The molecule has 1 atom stereocenters. The van der Waals surface area contributed by atoms with Gasteiger partial charge in [-0.2, -0.15) is 0 Å². The fourth-order valence-electron chi connectivity index (χ4n) is 2.74. The van der Waals surface area contributed by atoms with E-state index < -0.39 is 5.97 Å². The van der Waals surface area contributed by atoms with Crippen molar-refractivity contribution in [2.75, 3.05) is 37.0 Å². The largest absolute Gasteiger partial charge is 0.485 e. The second kappa shape index (κ2) is 6.74. The summed E-state index contributed by atoms with van der Waals surface area (Å²) in [6, 6.07) is 8.80. The molecule has 3 heterocycles. The molecule has 0 amide bonds. The Labute approximate surface area is 140 Å². The molecule has 1 aliphatic rings. The van der Waals surface area contributed by atoms with Crippen LogP contribution in [0.5, 0.6) is 5.75 Å². The lowest BCUT2D eigenvalue weighted by molar-refractivity contribution is 0.0690. The van der Waals surface area contributed by atoms with Gasteiger partial charge in [0.25, 0.3) is 0 Å². The average molecular weight is 328 g/mol. The zero-order chi connectivity index (χ0) is 17.1. The van der Waals surface area contributed by atoms with Gasteiger partial charge in [0.05, 0.1) is 6.54 Å². The lowest BCUT2D eigenvalue weighted by Gasteiger charge is -2.21. The number of aromatic nitrogens is 2.